The monoisotopic (exact) mass is 252 g/mol. The fraction of sp³-hybridized carbons (Fsp3) is 0.615. The molecule has 0 saturated carbocycles. The van der Waals surface area contributed by atoms with Crippen molar-refractivity contribution in [2.45, 2.75) is 19.9 Å². The highest BCUT2D eigenvalue weighted by atomic mass is 16.5. The molecule has 0 aliphatic carbocycles. The molecule has 1 aliphatic heterocycles. The molecule has 2 heterocycles. The fourth-order valence-corrected chi connectivity index (χ4v) is 2.12. The number of hydrogen-bond donors (Lipinski definition) is 1. The van der Waals surface area contributed by atoms with E-state index in [1.165, 1.54) is 0 Å². The Labute approximate surface area is 107 Å². The molecule has 0 bridgehead atoms. The zero-order chi connectivity index (χ0) is 12.8. The summed E-state index contributed by atoms with van der Waals surface area (Å²) in [6.45, 7) is 5.60. The second-order valence-corrected chi connectivity index (χ2v) is 4.55. The van der Waals surface area contributed by atoms with Gasteiger partial charge in [-0.15, -0.1) is 0 Å². The summed E-state index contributed by atoms with van der Waals surface area (Å²) < 4.78 is 10.3. The summed E-state index contributed by atoms with van der Waals surface area (Å²) in [6, 6.07) is 1.84. The first-order valence-electron chi connectivity index (χ1n) is 6.41. The molecule has 1 atom stereocenters. The molecule has 0 aromatic carbocycles. The van der Waals surface area contributed by atoms with Crippen molar-refractivity contribution in [3.63, 3.8) is 0 Å². The summed E-state index contributed by atoms with van der Waals surface area (Å²) >= 11 is 0. The van der Waals surface area contributed by atoms with Crippen LogP contribution in [0, 0.1) is 5.92 Å². The molecule has 1 fully saturated rings. The maximum Gasteiger partial charge on any atom is 0.317 e. The van der Waals surface area contributed by atoms with Crippen LogP contribution >= 0.6 is 0 Å². The first-order valence-corrected chi connectivity index (χ1v) is 6.41. The topological polar surface area (TPSA) is 54.7 Å². The van der Waals surface area contributed by atoms with E-state index in [1.807, 2.05) is 17.9 Å². The van der Waals surface area contributed by atoms with E-state index in [2.05, 4.69) is 5.32 Å². The van der Waals surface area contributed by atoms with Gasteiger partial charge in [-0.1, -0.05) is 0 Å². The van der Waals surface area contributed by atoms with Crippen LogP contribution in [0.5, 0.6) is 0 Å². The minimum Gasteiger partial charge on any atom is -0.472 e. The van der Waals surface area contributed by atoms with Crippen LogP contribution in [0.4, 0.5) is 4.79 Å². The van der Waals surface area contributed by atoms with Gasteiger partial charge in [-0.2, -0.15) is 0 Å². The van der Waals surface area contributed by atoms with Gasteiger partial charge in [-0.3, -0.25) is 0 Å². The first kappa shape index (κ1) is 13.0. The summed E-state index contributed by atoms with van der Waals surface area (Å²) in [5.41, 5.74) is 0.980. The number of furan rings is 1. The first-order chi connectivity index (χ1) is 8.79. The molecule has 1 aliphatic rings. The zero-order valence-electron chi connectivity index (χ0n) is 10.7. The average molecular weight is 252 g/mol. The molecule has 18 heavy (non-hydrogen) atoms. The summed E-state index contributed by atoms with van der Waals surface area (Å²) in [7, 11) is 0. The highest BCUT2D eigenvalue weighted by molar-refractivity contribution is 5.74. The lowest BCUT2D eigenvalue weighted by Crippen LogP contribution is -2.38. The standard InChI is InChI=1S/C13H20N2O3/c1-2-17-10-12-3-5-15(8-12)13(16)14-7-11-4-6-18-9-11/h4,6,9,12H,2-3,5,7-8,10H2,1H3,(H,14,16). The van der Waals surface area contributed by atoms with Crippen LogP contribution in [-0.2, 0) is 11.3 Å². The number of urea groups is 1. The Kier molecular flexibility index (Phi) is 4.64. The number of nitrogens with one attached hydrogen (secondary N) is 1. The predicted molar refractivity (Wildman–Crippen MR) is 67.1 cm³/mol. The van der Waals surface area contributed by atoms with E-state index in [9.17, 15) is 4.79 Å². The maximum absolute atomic E-state index is 11.9. The minimum absolute atomic E-state index is 0.00445. The molecule has 2 rings (SSSR count). The highest BCUT2D eigenvalue weighted by Crippen LogP contribution is 2.16. The third kappa shape index (κ3) is 3.50. The van der Waals surface area contributed by atoms with Gasteiger partial charge >= 0.3 is 6.03 Å². The van der Waals surface area contributed by atoms with Crippen molar-refractivity contribution in [1.82, 2.24) is 10.2 Å². The molecule has 0 radical (unpaired) electrons. The second-order valence-electron chi connectivity index (χ2n) is 4.55. The normalized spacial score (nSPS) is 19.2. The van der Waals surface area contributed by atoms with Gasteiger partial charge in [0.25, 0.3) is 0 Å². The number of nitrogens with zero attached hydrogens (tertiary/aromatic N) is 1. The van der Waals surface area contributed by atoms with E-state index in [0.29, 0.717) is 12.5 Å². The highest BCUT2D eigenvalue weighted by Gasteiger charge is 2.25. The van der Waals surface area contributed by atoms with Crippen LogP contribution in [0.15, 0.2) is 23.0 Å². The number of rotatable bonds is 5. The molecule has 5 heteroatoms. The minimum atomic E-state index is -0.00445. The quantitative estimate of drug-likeness (QED) is 0.870. The van der Waals surface area contributed by atoms with Crippen LogP contribution in [0.2, 0.25) is 0 Å². The molecule has 2 amide bonds. The number of carbonyl (C=O) groups excluding carboxylic acids is 1. The number of hydrogen-bond acceptors (Lipinski definition) is 3. The van der Waals surface area contributed by atoms with Gasteiger partial charge in [0.05, 0.1) is 19.1 Å². The molecule has 0 spiro atoms. The number of likely N-dealkylation sites (tertiary alicyclic amines) is 1. The van der Waals surface area contributed by atoms with Gasteiger partial charge in [0.2, 0.25) is 0 Å². The maximum atomic E-state index is 11.9. The Hall–Kier alpha value is -1.49. The molecule has 1 N–H and O–H groups in total. The van der Waals surface area contributed by atoms with Crippen LogP contribution in [0.3, 0.4) is 0 Å². The summed E-state index contributed by atoms with van der Waals surface area (Å²) in [5.74, 6) is 0.477. The van der Waals surface area contributed by atoms with Crippen LogP contribution in [0.25, 0.3) is 0 Å². The van der Waals surface area contributed by atoms with Gasteiger partial charge < -0.3 is 19.4 Å². The third-order valence-corrected chi connectivity index (χ3v) is 3.15. The van der Waals surface area contributed by atoms with E-state index in [1.54, 1.807) is 12.5 Å². The van der Waals surface area contributed by atoms with Crippen molar-refractivity contribution in [2.75, 3.05) is 26.3 Å². The van der Waals surface area contributed by atoms with Crippen molar-refractivity contribution in [3.05, 3.63) is 24.2 Å². The van der Waals surface area contributed by atoms with E-state index in [0.717, 1.165) is 38.3 Å². The summed E-state index contributed by atoms with van der Waals surface area (Å²) in [5, 5.41) is 2.89. The van der Waals surface area contributed by atoms with Crippen molar-refractivity contribution >= 4 is 6.03 Å². The fourth-order valence-electron chi connectivity index (χ4n) is 2.12. The molecule has 1 unspecified atom stereocenters. The average Bonchev–Trinajstić information content (AvgIpc) is 3.04. The van der Waals surface area contributed by atoms with Crippen molar-refractivity contribution in [3.8, 4) is 0 Å². The Balaban J connectivity index is 1.70. The molecule has 1 saturated heterocycles. The van der Waals surface area contributed by atoms with Crippen LogP contribution in [-0.4, -0.2) is 37.2 Å². The van der Waals surface area contributed by atoms with E-state index in [-0.39, 0.29) is 6.03 Å². The molecule has 5 nitrogen and oxygen atoms in total. The van der Waals surface area contributed by atoms with Crippen molar-refractivity contribution in [2.24, 2.45) is 5.92 Å². The molecule has 100 valence electrons. The third-order valence-electron chi connectivity index (χ3n) is 3.15. The van der Waals surface area contributed by atoms with E-state index in [4.69, 9.17) is 9.15 Å². The Morgan fingerprint density at radius 2 is 2.56 bits per heavy atom. The Morgan fingerprint density at radius 3 is 3.28 bits per heavy atom. The second kappa shape index (κ2) is 6.44. The van der Waals surface area contributed by atoms with E-state index >= 15 is 0 Å². The molecular weight excluding hydrogens is 232 g/mol. The summed E-state index contributed by atoms with van der Waals surface area (Å²) in [6.07, 6.45) is 4.27. The van der Waals surface area contributed by atoms with Gasteiger partial charge in [0.15, 0.2) is 0 Å². The Morgan fingerprint density at radius 1 is 1.67 bits per heavy atom. The number of amides is 2. The lowest BCUT2D eigenvalue weighted by molar-refractivity contribution is 0.113. The van der Waals surface area contributed by atoms with Gasteiger partial charge in [-0.05, 0) is 19.4 Å². The van der Waals surface area contributed by atoms with Crippen molar-refractivity contribution in [1.29, 1.82) is 0 Å². The summed E-state index contributed by atoms with van der Waals surface area (Å²) in [4.78, 5) is 13.8. The Bertz CT molecular complexity index is 364. The number of carbonyl (C=O) groups is 1. The van der Waals surface area contributed by atoms with Crippen LogP contribution < -0.4 is 5.32 Å². The molecule has 1 aromatic heterocycles. The van der Waals surface area contributed by atoms with Gasteiger partial charge in [0.1, 0.15) is 0 Å². The van der Waals surface area contributed by atoms with Crippen LogP contribution in [0.1, 0.15) is 18.9 Å². The number of ether oxygens (including phenoxy) is 1. The molecule has 1 aromatic rings. The predicted octanol–water partition coefficient (Wildman–Crippen LogP) is 1.85. The lowest BCUT2D eigenvalue weighted by Gasteiger charge is -2.17. The van der Waals surface area contributed by atoms with E-state index < -0.39 is 0 Å². The lowest BCUT2D eigenvalue weighted by atomic mass is 10.1. The van der Waals surface area contributed by atoms with Gasteiger partial charge in [0, 0.05) is 37.7 Å². The smallest absolute Gasteiger partial charge is 0.317 e. The van der Waals surface area contributed by atoms with Crippen molar-refractivity contribution < 1.29 is 13.9 Å². The molecular formula is C13H20N2O3. The largest absolute Gasteiger partial charge is 0.472 e. The van der Waals surface area contributed by atoms with Gasteiger partial charge in [-0.25, -0.2) is 4.79 Å². The zero-order valence-corrected chi connectivity index (χ0v) is 10.7. The SMILES string of the molecule is CCOCC1CCN(C(=O)NCc2ccoc2)C1.